The van der Waals surface area contributed by atoms with Crippen LogP contribution in [0.5, 0.6) is 5.75 Å². The summed E-state index contributed by atoms with van der Waals surface area (Å²) in [5, 5.41) is 0. The third-order valence-corrected chi connectivity index (χ3v) is 2.51. The first-order chi connectivity index (χ1) is 6.72. The average Bonchev–Trinajstić information content (AvgIpc) is 2.27. The average molecular weight is 190 g/mol. The molecule has 0 heterocycles. The van der Waals surface area contributed by atoms with Crippen molar-refractivity contribution in [2.45, 2.75) is 26.7 Å². The normalized spacial score (nSPS) is 9.93. The van der Waals surface area contributed by atoms with Crippen LogP contribution in [0.1, 0.15) is 31.4 Å². The Kier molecular flexibility index (Phi) is 3.75. The Bertz CT molecular complexity index is 326. The Hall–Kier alpha value is -1.24. The third-order valence-electron chi connectivity index (χ3n) is 2.51. The minimum atomic E-state index is 0.909. The highest BCUT2D eigenvalue weighted by molar-refractivity contribution is 5.67. The molecular weight excluding hydrogens is 172 g/mol. The molecule has 1 aromatic carbocycles. The van der Waals surface area contributed by atoms with E-state index >= 15 is 0 Å². The molecule has 0 amide bonds. The molecule has 0 unspecified atom stereocenters. The van der Waals surface area contributed by atoms with Crippen molar-refractivity contribution in [3.05, 3.63) is 35.9 Å². The lowest BCUT2D eigenvalue weighted by Gasteiger charge is -2.11. The first-order valence-electron chi connectivity index (χ1n) is 5.08. The van der Waals surface area contributed by atoms with Crippen molar-refractivity contribution < 1.29 is 4.74 Å². The molecular formula is C13H18O. The maximum Gasteiger partial charge on any atom is 0.119 e. The molecule has 14 heavy (non-hydrogen) atoms. The Morgan fingerprint density at radius 3 is 2.57 bits per heavy atom. The van der Waals surface area contributed by atoms with Gasteiger partial charge in [-0.15, -0.1) is 0 Å². The standard InChI is InChI=1S/C13H18O/c1-5-10(3)13-9-12(14-4)8-7-11(13)6-2/h7-9H,3,5-6H2,1-2,4H3. The van der Waals surface area contributed by atoms with Gasteiger partial charge in [-0.1, -0.05) is 26.5 Å². The zero-order chi connectivity index (χ0) is 10.6. The van der Waals surface area contributed by atoms with Crippen LogP contribution < -0.4 is 4.74 Å². The largest absolute Gasteiger partial charge is 0.497 e. The predicted octanol–water partition coefficient (Wildman–Crippen LogP) is 3.68. The fourth-order valence-corrected chi connectivity index (χ4v) is 1.51. The number of hydrogen-bond acceptors (Lipinski definition) is 1. The van der Waals surface area contributed by atoms with Crippen molar-refractivity contribution >= 4 is 5.57 Å². The Morgan fingerprint density at radius 2 is 2.07 bits per heavy atom. The SMILES string of the molecule is C=C(CC)c1cc(OC)ccc1CC. The second-order valence-electron chi connectivity index (χ2n) is 3.33. The quantitative estimate of drug-likeness (QED) is 0.703. The molecule has 0 saturated carbocycles. The zero-order valence-corrected chi connectivity index (χ0v) is 9.26. The summed E-state index contributed by atoms with van der Waals surface area (Å²) in [4.78, 5) is 0. The van der Waals surface area contributed by atoms with E-state index in [9.17, 15) is 0 Å². The topological polar surface area (TPSA) is 9.23 Å². The first kappa shape index (κ1) is 10.8. The second kappa shape index (κ2) is 4.85. The number of ether oxygens (including phenoxy) is 1. The molecule has 0 N–H and O–H groups in total. The van der Waals surface area contributed by atoms with Crippen LogP contribution in [0.15, 0.2) is 24.8 Å². The van der Waals surface area contributed by atoms with Gasteiger partial charge in [-0.05, 0) is 41.7 Å². The highest BCUT2D eigenvalue weighted by Crippen LogP contribution is 2.25. The lowest BCUT2D eigenvalue weighted by molar-refractivity contribution is 0.414. The predicted molar refractivity (Wildman–Crippen MR) is 61.7 cm³/mol. The van der Waals surface area contributed by atoms with Gasteiger partial charge in [0.15, 0.2) is 0 Å². The zero-order valence-electron chi connectivity index (χ0n) is 9.26. The van der Waals surface area contributed by atoms with E-state index in [1.165, 1.54) is 16.7 Å². The van der Waals surface area contributed by atoms with Crippen molar-refractivity contribution in [2.75, 3.05) is 7.11 Å². The number of benzene rings is 1. The molecule has 0 saturated heterocycles. The molecule has 1 aromatic rings. The van der Waals surface area contributed by atoms with Crippen LogP contribution in [0.2, 0.25) is 0 Å². The van der Waals surface area contributed by atoms with E-state index in [1.54, 1.807) is 7.11 Å². The van der Waals surface area contributed by atoms with Gasteiger partial charge in [0.25, 0.3) is 0 Å². The van der Waals surface area contributed by atoms with Crippen LogP contribution in [0, 0.1) is 0 Å². The summed E-state index contributed by atoms with van der Waals surface area (Å²) in [6.07, 6.45) is 2.03. The molecule has 0 spiro atoms. The van der Waals surface area contributed by atoms with Gasteiger partial charge < -0.3 is 4.74 Å². The van der Waals surface area contributed by atoms with Crippen LogP contribution in [0.4, 0.5) is 0 Å². The van der Waals surface area contributed by atoms with Crippen LogP contribution in [-0.2, 0) is 6.42 Å². The van der Waals surface area contributed by atoms with Crippen LogP contribution in [-0.4, -0.2) is 7.11 Å². The number of rotatable bonds is 4. The molecule has 0 fully saturated rings. The van der Waals surface area contributed by atoms with Crippen molar-refractivity contribution in [1.29, 1.82) is 0 Å². The number of allylic oxidation sites excluding steroid dienone is 1. The van der Waals surface area contributed by atoms with Crippen LogP contribution in [0.3, 0.4) is 0 Å². The summed E-state index contributed by atoms with van der Waals surface area (Å²) in [7, 11) is 1.69. The molecule has 0 aliphatic rings. The summed E-state index contributed by atoms with van der Waals surface area (Å²) in [5.74, 6) is 0.909. The highest BCUT2D eigenvalue weighted by Gasteiger charge is 2.04. The lowest BCUT2D eigenvalue weighted by atomic mass is 9.97. The molecule has 1 nitrogen and oxygen atoms in total. The number of aryl methyl sites for hydroxylation is 1. The van der Waals surface area contributed by atoms with Crippen LogP contribution >= 0.6 is 0 Å². The summed E-state index contributed by atoms with van der Waals surface area (Å²) in [5.41, 5.74) is 3.77. The number of methoxy groups -OCH3 is 1. The van der Waals surface area contributed by atoms with E-state index < -0.39 is 0 Å². The summed E-state index contributed by atoms with van der Waals surface area (Å²) in [6, 6.07) is 6.20. The molecule has 0 aliphatic heterocycles. The van der Waals surface area contributed by atoms with Gasteiger partial charge in [0.2, 0.25) is 0 Å². The highest BCUT2D eigenvalue weighted by atomic mass is 16.5. The van der Waals surface area contributed by atoms with E-state index in [0.29, 0.717) is 0 Å². The molecule has 0 radical (unpaired) electrons. The van der Waals surface area contributed by atoms with E-state index in [1.807, 2.05) is 6.07 Å². The van der Waals surface area contributed by atoms with Gasteiger partial charge in [0.1, 0.15) is 5.75 Å². The summed E-state index contributed by atoms with van der Waals surface area (Å²) < 4.78 is 5.21. The summed E-state index contributed by atoms with van der Waals surface area (Å²) in [6.45, 7) is 8.36. The molecule has 1 rings (SSSR count). The van der Waals surface area contributed by atoms with E-state index in [4.69, 9.17) is 4.74 Å². The van der Waals surface area contributed by atoms with Gasteiger partial charge >= 0.3 is 0 Å². The van der Waals surface area contributed by atoms with Gasteiger partial charge in [0.05, 0.1) is 7.11 Å². The molecule has 1 heteroatoms. The van der Waals surface area contributed by atoms with Crippen molar-refractivity contribution in [1.82, 2.24) is 0 Å². The van der Waals surface area contributed by atoms with Crippen LogP contribution in [0.25, 0.3) is 5.57 Å². The maximum absolute atomic E-state index is 5.21. The van der Waals surface area contributed by atoms with Crippen molar-refractivity contribution in [2.24, 2.45) is 0 Å². The molecule has 0 aliphatic carbocycles. The van der Waals surface area contributed by atoms with E-state index in [2.05, 4.69) is 32.6 Å². The van der Waals surface area contributed by atoms with Gasteiger partial charge in [-0.25, -0.2) is 0 Å². The molecule has 0 atom stereocenters. The second-order valence-corrected chi connectivity index (χ2v) is 3.33. The smallest absolute Gasteiger partial charge is 0.119 e. The van der Waals surface area contributed by atoms with Crippen molar-refractivity contribution in [3.8, 4) is 5.75 Å². The molecule has 0 aromatic heterocycles. The Balaban J connectivity index is 3.14. The monoisotopic (exact) mass is 190 g/mol. The minimum absolute atomic E-state index is 0.909. The van der Waals surface area contributed by atoms with Gasteiger partial charge in [0, 0.05) is 0 Å². The fourth-order valence-electron chi connectivity index (χ4n) is 1.51. The lowest BCUT2D eigenvalue weighted by Crippen LogP contribution is -1.93. The minimum Gasteiger partial charge on any atom is -0.497 e. The molecule has 76 valence electrons. The van der Waals surface area contributed by atoms with Crippen molar-refractivity contribution in [3.63, 3.8) is 0 Å². The fraction of sp³-hybridized carbons (Fsp3) is 0.385. The number of hydrogen-bond donors (Lipinski definition) is 0. The maximum atomic E-state index is 5.21. The first-order valence-corrected chi connectivity index (χ1v) is 5.08. The third kappa shape index (κ3) is 2.16. The Morgan fingerprint density at radius 1 is 1.36 bits per heavy atom. The summed E-state index contributed by atoms with van der Waals surface area (Å²) >= 11 is 0. The van der Waals surface area contributed by atoms with Gasteiger partial charge in [-0.2, -0.15) is 0 Å². The van der Waals surface area contributed by atoms with Gasteiger partial charge in [-0.3, -0.25) is 0 Å². The van der Waals surface area contributed by atoms with E-state index in [0.717, 1.165) is 18.6 Å². The molecule has 0 bridgehead atoms. The van der Waals surface area contributed by atoms with E-state index in [-0.39, 0.29) is 0 Å². The Labute approximate surface area is 86.4 Å².